The molecular formula is C10H8O6S2-2. The van der Waals surface area contributed by atoms with Gasteiger partial charge in [0.15, 0.2) is 4.08 Å². The molecule has 2 heterocycles. The maximum Gasteiger partial charge on any atom is 0.158 e. The molecule has 98 valence electrons. The fourth-order valence-electron chi connectivity index (χ4n) is 1.56. The second-order valence-electron chi connectivity index (χ2n) is 3.46. The van der Waals surface area contributed by atoms with Gasteiger partial charge in [-0.3, -0.25) is 8.42 Å². The fraction of sp³-hybridized carbons (Fsp3) is 0.200. The van der Waals surface area contributed by atoms with Crippen molar-refractivity contribution in [2.45, 2.75) is 10.5 Å². The topological polar surface area (TPSA) is 107 Å². The van der Waals surface area contributed by atoms with Gasteiger partial charge in [-0.15, -0.1) is 0 Å². The summed E-state index contributed by atoms with van der Waals surface area (Å²) in [4.78, 5) is 0. The van der Waals surface area contributed by atoms with E-state index in [1.54, 1.807) is 6.07 Å². The maximum atomic E-state index is 11.4. The van der Waals surface area contributed by atoms with Gasteiger partial charge in [-0.05, 0) is 46.4 Å². The first-order valence-electron chi connectivity index (χ1n) is 4.82. The molecule has 0 spiro atoms. The van der Waals surface area contributed by atoms with E-state index < -0.39 is 26.2 Å². The zero-order valence-corrected chi connectivity index (χ0v) is 10.6. The van der Waals surface area contributed by atoms with E-state index in [-0.39, 0.29) is 17.9 Å². The molecule has 0 saturated heterocycles. The van der Waals surface area contributed by atoms with Crippen LogP contribution in [-0.4, -0.2) is 17.5 Å². The third-order valence-corrected chi connectivity index (χ3v) is 5.01. The van der Waals surface area contributed by atoms with Gasteiger partial charge >= 0.3 is 0 Å². The van der Waals surface area contributed by atoms with Crippen LogP contribution in [0.25, 0.3) is 0 Å². The van der Waals surface area contributed by atoms with Gasteiger partial charge in [0.25, 0.3) is 0 Å². The summed E-state index contributed by atoms with van der Waals surface area (Å²) in [6, 6.07) is 5.77. The zero-order valence-electron chi connectivity index (χ0n) is 8.94. The third-order valence-electron chi connectivity index (χ3n) is 2.42. The lowest BCUT2D eigenvalue weighted by Gasteiger charge is -2.35. The van der Waals surface area contributed by atoms with Crippen LogP contribution in [0, 0.1) is 0 Å². The van der Waals surface area contributed by atoms with E-state index >= 15 is 0 Å². The average molecular weight is 288 g/mol. The van der Waals surface area contributed by atoms with E-state index in [0.29, 0.717) is 0 Å². The second-order valence-corrected chi connectivity index (χ2v) is 6.05. The number of rotatable bonds is 5. The summed E-state index contributed by atoms with van der Waals surface area (Å²) in [7, 11) is 0. The Hall–Kier alpha value is -1.22. The van der Waals surface area contributed by atoms with Crippen molar-refractivity contribution in [2.24, 2.45) is 0 Å². The molecule has 0 aliphatic heterocycles. The van der Waals surface area contributed by atoms with Gasteiger partial charge < -0.3 is 17.9 Å². The molecule has 0 aliphatic rings. The van der Waals surface area contributed by atoms with Crippen LogP contribution in [0.15, 0.2) is 45.6 Å². The van der Waals surface area contributed by atoms with E-state index in [2.05, 4.69) is 0 Å². The highest BCUT2D eigenvalue weighted by molar-refractivity contribution is 7.98. The van der Waals surface area contributed by atoms with Crippen molar-refractivity contribution in [3.8, 4) is 0 Å². The van der Waals surface area contributed by atoms with E-state index in [1.165, 1.54) is 30.7 Å². The van der Waals surface area contributed by atoms with Gasteiger partial charge in [-0.2, -0.15) is 0 Å². The van der Waals surface area contributed by atoms with E-state index in [0.717, 1.165) is 0 Å². The minimum Gasteiger partial charge on any atom is -0.771 e. The Balaban J connectivity index is 2.51. The van der Waals surface area contributed by atoms with Crippen molar-refractivity contribution in [2.75, 3.05) is 0 Å². The molecule has 2 rings (SSSR count). The monoisotopic (exact) mass is 288 g/mol. The van der Waals surface area contributed by atoms with Crippen molar-refractivity contribution in [3.63, 3.8) is 0 Å². The number of hydrogen-bond donors (Lipinski definition) is 0. The van der Waals surface area contributed by atoms with Crippen LogP contribution < -0.4 is 0 Å². The smallest absolute Gasteiger partial charge is 0.158 e. The minimum atomic E-state index is -2.92. The summed E-state index contributed by atoms with van der Waals surface area (Å²) in [5.41, 5.74) is 0. The molecule has 0 aromatic carbocycles. The molecule has 0 saturated carbocycles. The largest absolute Gasteiger partial charge is 0.771 e. The highest BCUT2D eigenvalue weighted by atomic mass is 32.3. The lowest BCUT2D eigenvalue weighted by atomic mass is 10.2. The molecule has 0 radical (unpaired) electrons. The third kappa shape index (κ3) is 2.19. The highest BCUT2D eigenvalue weighted by Crippen LogP contribution is 2.34. The van der Waals surface area contributed by atoms with Gasteiger partial charge in [0.05, 0.1) is 12.5 Å². The summed E-state index contributed by atoms with van der Waals surface area (Å²) in [5.74, 6) is 0.0698. The Bertz CT molecular complexity index is 531. The standard InChI is InChI=1S/C10H10O6S2/c11-17(12)10(18(13)14,9-4-2-6-16-9)7-8-3-1-5-15-8/h1-6H,7H2,(H,11,12)(H,13,14)/p-2. The van der Waals surface area contributed by atoms with Crippen LogP contribution in [0.1, 0.15) is 11.5 Å². The minimum absolute atomic E-state index is 0.166. The number of furan rings is 2. The molecule has 18 heavy (non-hydrogen) atoms. The molecule has 6 nitrogen and oxygen atoms in total. The Morgan fingerprint density at radius 2 is 1.67 bits per heavy atom. The summed E-state index contributed by atoms with van der Waals surface area (Å²) in [5, 5.41) is 0. The van der Waals surface area contributed by atoms with Crippen LogP contribution in [-0.2, 0) is 32.7 Å². The molecule has 0 fully saturated rings. The average Bonchev–Trinajstić information content (AvgIpc) is 2.98. The molecule has 2 aromatic heterocycles. The molecule has 2 atom stereocenters. The zero-order chi connectivity index (χ0) is 13.2. The van der Waals surface area contributed by atoms with Crippen LogP contribution >= 0.6 is 0 Å². The van der Waals surface area contributed by atoms with E-state index in [1.807, 2.05) is 0 Å². The predicted molar refractivity (Wildman–Crippen MR) is 60.6 cm³/mol. The maximum absolute atomic E-state index is 11.4. The first-order valence-corrected chi connectivity index (χ1v) is 6.97. The lowest BCUT2D eigenvalue weighted by molar-refractivity contribution is 0.410. The molecular weight excluding hydrogens is 280 g/mol. The van der Waals surface area contributed by atoms with Crippen molar-refractivity contribution < 1.29 is 26.4 Å². The number of hydrogen-bond acceptors (Lipinski definition) is 6. The summed E-state index contributed by atoms with van der Waals surface area (Å²) >= 11 is -5.84. The summed E-state index contributed by atoms with van der Waals surface area (Å²) in [6.45, 7) is 0. The Morgan fingerprint density at radius 3 is 2.11 bits per heavy atom. The lowest BCUT2D eigenvalue weighted by Crippen LogP contribution is -2.38. The van der Waals surface area contributed by atoms with Crippen LogP contribution in [0.5, 0.6) is 0 Å². The molecule has 0 aliphatic carbocycles. The molecule has 0 amide bonds. The van der Waals surface area contributed by atoms with Crippen molar-refractivity contribution in [1.29, 1.82) is 0 Å². The molecule has 8 heteroatoms. The van der Waals surface area contributed by atoms with E-state index in [4.69, 9.17) is 8.83 Å². The summed E-state index contributed by atoms with van der Waals surface area (Å²) in [6.07, 6.45) is 2.20. The van der Waals surface area contributed by atoms with E-state index in [9.17, 15) is 17.5 Å². The molecule has 0 N–H and O–H groups in total. The van der Waals surface area contributed by atoms with Crippen LogP contribution in [0.3, 0.4) is 0 Å². The Kier molecular flexibility index (Phi) is 3.81. The van der Waals surface area contributed by atoms with Crippen molar-refractivity contribution >= 4 is 22.2 Å². The normalized spacial score (nSPS) is 18.1. The van der Waals surface area contributed by atoms with Crippen molar-refractivity contribution in [1.82, 2.24) is 0 Å². The first-order chi connectivity index (χ1) is 8.57. The van der Waals surface area contributed by atoms with Gasteiger partial charge in [-0.1, -0.05) is 0 Å². The van der Waals surface area contributed by atoms with Gasteiger partial charge in [0.2, 0.25) is 0 Å². The van der Waals surface area contributed by atoms with Crippen molar-refractivity contribution in [3.05, 3.63) is 48.3 Å². The quantitative estimate of drug-likeness (QED) is 0.760. The Morgan fingerprint density at radius 1 is 1.06 bits per heavy atom. The molecule has 2 aromatic rings. The molecule has 0 bridgehead atoms. The van der Waals surface area contributed by atoms with Gasteiger partial charge in [0.1, 0.15) is 11.5 Å². The second kappa shape index (κ2) is 5.19. The Labute approximate surface area is 108 Å². The summed E-state index contributed by atoms with van der Waals surface area (Å²) < 4.78 is 53.3. The van der Waals surface area contributed by atoms with Gasteiger partial charge in [0, 0.05) is 6.42 Å². The predicted octanol–water partition coefficient (Wildman–Crippen LogP) is 1.03. The highest BCUT2D eigenvalue weighted by Gasteiger charge is 2.39. The SMILES string of the molecule is O=S([O-])C(Cc1ccco1)(c1ccco1)S(=O)[O-]. The molecule has 2 unspecified atom stereocenters. The van der Waals surface area contributed by atoms with Crippen LogP contribution in [0.4, 0.5) is 0 Å². The van der Waals surface area contributed by atoms with Crippen LogP contribution in [0.2, 0.25) is 0 Å². The first kappa shape index (κ1) is 13.2. The van der Waals surface area contributed by atoms with Gasteiger partial charge in [-0.25, -0.2) is 0 Å². The fourth-order valence-corrected chi connectivity index (χ4v) is 3.09.